The fourth-order valence-corrected chi connectivity index (χ4v) is 2.05. The van der Waals surface area contributed by atoms with Crippen molar-refractivity contribution in [3.8, 4) is 0 Å². The lowest BCUT2D eigenvalue weighted by atomic mass is 9.78. The van der Waals surface area contributed by atoms with Crippen LogP contribution in [0.1, 0.15) is 12.8 Å². The minimum atomic E-state index is -0.877. The highest BCUT2D eigenvalue weighted by atomic mass is 16.3. The number of amides is 2. The highest BCUT2D eigenvalue weighted by Gasteiger charge is 2.47. The van der Waals surface area contributed by atoms with E-state index in [1.165, 1.54) is 0 Å². The Morgan fingerprint density at radius 3 is 1.77 bits per heavy atom. The minimum absolute atomic E-state index is 0.184. The van der Waals surface area contributed by atoms with Crippen LogP contribution in [0.3, 0.4) is 0 Å². The minimum Gasteiger partial charge on any atom is -0.390 e. The van der Waals surface area contributed by atoms with E-state index < -0.39 is 24.0 Å². The van der Waals surface area contributed by atoms with Crippen LogP contribution in [0.25, 0.3) is 0 Å². The van der Waals surface area contributed by atoms with Crippen LogP contribution in [0.15, 0.2) is 0 Å². The van der Waals surface area contributed by atoms with E-state index in [4.69, 9.17) is 0 Å². The van der Waals surface area contributed by atoms with Gasteiger partial charge in [0.25, 0.3) is 0 Å². The van der Waals surface area contributed by atoms with E-state index in [1.54, 1.807) is 0 Å². The van der Waals surface area contributed by atoms with Gasteiger partial charge in [0.1, 0.15) is 0 Å². The molecule has 1 aliphatic carbocycles. The summed E-state index contributed by atoms with van der Waals surface area (Å²) < 4.78 is 0. The second-order valence-electron chi connectivity index (χ2n) is 3.67. The van der Waals surface area contributed by atoms with Gasteiger partial charge in [0.2, 0.25) is 11.8 Å². The van der Waals surface area contributed by atoms with E-state index in [0.717, 1.165) is 0 Å². The summed E-state index contributed by atoms with van der Waals surface area (Å²) >= 11 is 0. The average molecular weight is 185 g/mol. The molecule has 2 rings (SSSR count). The van der Waals surface area contributed by atoms with Crippen molar-refractivity contribution in [2.24, 2.45) is 11.8 Å². The van der Waals surface area contributed by atoms with Crippen molar-refractivity contribution in [1.29, 1.82) is 0 Å². The summed E-state index contributed by atoms with van der Waals surface area (Å²) in [4.78, 5) is 22.3. The predicted octanol–water partition coefficient (Wildman–Crippen LogP) is -1.61. The number of aliphatic hydroxyl groups is 2. The van der Waals surface area contributed by atoms with E-state index in [2.05, 4.69) is 5.32 Å². The van der Waals surface area contributed by atoms with Crippen molar-refractivity contribution in [2.45, 2.75) is 25.0 Å². The molecule has 5 nitrogen and oxygen atoms in total. The van der Waals surface area contributed by atoms with Gasteiger partial charge in [-0.15, -0.1) is 0 Å². The number of hydrogen-bond donors (Lipinski definition) is 3. The maximum atomic E-state index is 11.1. The number of aliphatic hydroxyl groups excluding tert-OH is 2. The van der Waals surface area contributed by atoms with Gasteiger partial charge in [-0.25, -0.2) is 0 Å². The van der Waals surface area contributed by atoms with Gasteiger partial charge in [-0.1, -0.05) is 0 Å². The Morgan fingerprint density at radius 1 is 1.00 bits per heavy atom. The smallest absolute Gasteiger partial charge is 0.230 e. The molecule has 72 valence electrons. The van der Waals surface area contributed by atoms with E-state index in [1.807, 2.05) is 0 Å². The largest absolute Gasteiger partial charge is 0.390 e. The van der Waals surface area contributed by atoms with E-state index in [0.29, 0.717) is 0 Å². The molecule has 5 heteroatoms. The first-order chi connectivity index (χ1) is 6.09. The molecule has 1 heterocycles. The molecule has 2 unspecified atom stereocenters. The summed E-state index contributed by atoms with van der Waals surface area (Å²) in [5, 5.41) is 20.8. The molecule has 2 fully saturated rings. The third-order valence-electron chi connectivity index (χ3n) is 2.84. The maximum Gasteiger partial charge on any atom is 0.230 e. The summed E-state index contributed by atoms with van der Waals surface area (Å²) in [6.45, 7) is 0. The summed E-state index contributed by atoms with van der Waals surface area (Å²) in [6.07, 6.45) is -1.39. The van der Waals surface area contributed by atoms with Crippen LogP contribution in [-0.4, -0.2) is 34.2 Å². The molecular weight excluding hydrogens is 174 g/mol. The molecule has 0 aromatic carbocycles. The zero-order valence-corrected chi connectivity index (χ0v) is 6.93. The molecule has 3 N–H and O–H groups in total. The Bertz CT molecular complexity index is 239. The van der Waals surface area contributed by atoms with Crippen molar-refractivity contribution in [3.63, 3.8) is 0 Å². The summed E-state index contributed by atoms with van der Waals surface area (Å²) in [5.41, 5.74) is 0. The zero-order chi connectivity index (χ0) is 9.59. The number of rotatable bonds is 0. The molecule has 1 saturated heterocycles. The second-order valence-corrected chi connectivity index (χ2v) is 3.67. The van der Waals surface area contributed by atoms with E-state index in [9.17, 15) is 19.8 Å². The van der Waals surface area contributed by atoms with Crippen LogP contribution < -0.4 is 5.32 Å². The zero-order valence-electron chi connectivity index (χ0n) is 6.93. The fourth-order valence-electron chi connectivity index (χ4n) is 2.05. The first-order valence-electron chi connectivity index (χ1n) is 4.30. The number of imide groups is 1. The maximum absolute atomic E-state index is 11.1. The molecule has 0 aromatic rings. The molecular formula is C8H11NO4. The van der Waals surface area contributed by atoms with Gasteiger partial charge in [-0.3, -0.25) is 14.9 Å². The molecule has 2 amide bonds. The van der Waals surface area contributed by atoms with Gasteiger partial charge >= 0.3 is 0 Å². The normalized spacial score (nSPS) is 44.5. The number of carbonyl (C=O) groups excluding carboxylic acids is 2. The standard InChI is InChI=1S/C8H11NO4/c10-5-1-3-4(2-6(5)11)8(13)9-7(3)12/h3-6,10-11H,1-2H2,(H,9,12,13)/t3-,4+,5?,6?. The first kappa shape index (κ1) is 8.65. The van der Waals surface area contributed by atoms with Crippen LogP contribution >= 0.6 is 0 Å². The van der Waals surface area contributed by atoms with Gasteiger partial charge in [-0.2, -0.15) is 0 Å². The highest BCUT2D eigenvalue weighted by molar-refractivity contribution is 6.05. The van der Waals surface area contributed by atoms with Crippen LogP contribution in [0.4, 0.5) is 0 Å². The Labute approximate surface area is 74.7 Å². The first-order valence-corrected chi connectivity index (χ1v) is 4.30. The van der Waals surface area contributed by atoms with Crippen molar-refractivity contribution in [2.75, 3.05) is 0 Å². The summed E-state index contributed by atoms with van der Waals surface area (Å²) in [7, 11) is 0. The molecule has 0 spiro atoms. The van der Waals surface area contributed by atoms with Gasteiger partial charge < -0.3 is 10.2 Å². The van der Waals surface area contributed by atoms with Gasteiger partial charge in [0.15, 0.2) is 0 Å². The van der Waals surface area contributed by atoms with Crippen LogP contribution in [0.2, 0.25) is 0 Å². The molecule has 0 radical (unpaired) electrons. The topological polar surface area (TPSA) is 86.6 Å². The Hall–Kier alpha value is -0.940. The van der Waals surface area contributed by atoms with E-state index in [-0.39, 0.29) is 24.7 Å². The summed E-state index contributed by atoms with van der Waals surface area (Å²) in [5.74, 6) is -1.52. The van der Waals surface area contributed by atoms with Gasteiger partial charge in [-0.05, 0) is 12.8 Å². The van der Waals surface area contributed by atoms with E-state index >= 15 is 0 Å². The monoisotopic (exact) mass is 185 g/mol. The van der Waals surface area contributed by atoms with Crippen molar-refractivity contribution in [3.05, 3.63) is 0 Å². The molecule has 0 bridgehead atoms. The Kier molecular flexibility index (Phi) is 1.85. The third kappa shape index (κ3) is 1.24. The number of hydrogen-bond acceptors (Lipinski definition) is 4. The molecule has 0 aromatic heterocycles. The van der Waals surface area contributed by atoms with Gasteiger partial charge in [0.05, 0.1) is 24.0 Å². The fraction of sp³-hybridized carbons (Fsp3) is 0.750. The third-order valence-corrected chi connectivity index (χ3v) is 2.84. The molecule has 2 aliphatic rings. The lowest BCUT2D eigenvalue weighted by Crippen LogP contribution is -2.40. The number of fused-ring (bicyclic) bond motifs is 1. The Balaban J connectivity index is 2.19. The lowest BCUT2D eigenvalue weighted by molar-refractivity contribution is -0.127. The number of carbonyl (C=O) groups is 2. The van der Waals surface area contributed by atoms with Crippen LogP contribution in [-0.2, 0) is 9.59 Å². The molecule has 4 atom stereocenters. The van der Waals surface area contributed by atoms with Crippen molar-refractivity contribution in [1.82, 2.24) is 5.32 Å². The highest BCUT2D eigenvalue weighted by Crippen LogP contribution is 2.34. The summed E-state index contributed by atoms with van der Waals surface area (Å²) in [6, 6.07) is 0. The molecule has 1 aliphatic heterocycles. The Morgan fingerprint density at radius 2 is 1.38 bits per heavy atom. The number of nitrogens with one attached hydrogen (secondary N) is 1. The van der Waals surface area contributed by atoms with Crippen molar-refractivity contribution < 1.29 is 19.8 Å². The molecule has 13 heavy (non-hydrogen) atoms. The second kappa shape index (κ2) is 2.78. The SMILES string of the molecule is O=C1NC(=O)[C@@H]2CC(O)C(O)C[C@H]12. The van der Waals surface area contributed by atoms with Crippen molar-refractivity contribution >= 4 is 11.8 Å². The van der Waals surface area contributed by atoms with Crippen LogP contribution in [0.5, 0.6) is 0 Å². The lowest BCUT2D eigenvalue weighted by Gasteiger charge is -2.29. The quantitative estimate of drug-likeness (QED) is 0.396. The predicted molar refractivity (Wildman–Crippen MR) is 41.4 cm³/mol. The molecule has 1 saturated carbocycles. The van der Waals surface area contributed by atoms with Gasteiger partial charge in [0, 0.05) is 0 Å². The van der Waals surface area contributed by atoms with Crippen LogP contribution in [0, 0.1) is 11.8 Å². The average Bonchev–Trinajstić information content (AvgIpc) is 2.31.